The second-order valence-corrected chi connectivity index (χ2v) is 6.39. The number of likely N-dealkylation sites (tertiary alicyclic amines) is 1. The first-order valence-electron chi connectivity index (χ1n) is 7.63. The summed E-state index contributed by atoms with van der Waals surface area (Å²) >= 11 is 0. The number of H-pyrrole nitrogens is 1. The van der Waals surface area contributed by atoms with Crippen LogP contribution in [0.3, 0.4) is 0 Å². The summed E-state index contributed by atoms with van der Waals surface area (Å²) < 4.78 is 43.7. The predicted molar refractivity (Wildman–Crippen MR) is 78.8 cm³/mol. The number of nitrogens with one attached hydrogen (secondary N) is 1. The minimum Gasteiger partial charge on any atom is -0.379 e. The summed E-state index contributed by atoms with van der Waals surface area (Å²) in [5, 5.41) is 0. The Balaban J connectivity index is 1.72. The summed E-state index contributed by atoms with van der Waals surface area (Å²) in [7, 11) is 0. The van der Waals surface area contributed by atoms with Crippen LogP contribution in [-0.4, -0.2) is 65.6 Å². The zero-order valence-corrected chi connectivity index (χ0v) is 13.2. The van der Waals surface area contributed by atoms with Gasteiger partial charge in [-0.2, -0.15) is 13.2 Å². The number of alkyl halides is 3. The molecule has 1 aromatic rings. The van der Waals surface area contributed by atoms with Crippen molar-refractivity contribution in [1.82, 2.24) is 14.8 Å². The summed E-state index contributed by atoms with van der Waals surface area (Å²) in [6.07, 6.45) is -3.76. The molecule has 6 nitrogen and oxygen atoms in total. The maximum absolute atomic E-state index is 12.8. The second-order valence-electron chi connectivity index (χ2n) is 6.39. The van der Waals surface area contributed by atoms with Crippen molar-refractivity contribution in [3.63, 3.8) is 0 Å². The van der Waals surface area contributed by atoms with Crippen LogP contribution in [0.4, 0.5) is 13.2 Å². The van der Waals surface area contributed by atoms with Crippen molar-refractivity contribution in [3.05, 3.63) is 33.7 Å². The molecule has 2 fully saturated rings. The molecule has 3 heterocycles. The molecule has 0 radical (unpaired) electrons. The maximum Gasteiger partial charge on any atom is 0.421 e. The number of ether oxygens (including phenoxy) is 1. The number of pyridine rings is 1. The van der Waals surface area contributed by atoms with E-state index >= 15 is 0 Å². The molecule has 0 aromatic carbocycles. The molecule has 3 rings (SSSR count). The van der Waals surface area contributed by atoms with Crippen molar-refractivity contribution < 1.29 is 22.7 Å². The van der Waals surface area contributed by atoms with Crippen LogP contribution in [0.2, 0.25) is 0 Å². The van der Waals surface area contributed by atoms with Gasteiger partial charge in [-0.3, -0.25) is 14.5 Å². The van der Waals surface area contributed by atoms with E-state index in [2.05, 4.69) is 4.90 Å². The predicted octanol–water partition coefficient (Wildman–Crippen LogP) is 0.940. The minimum absolute atomic E-state index is 0.161. The standard InChI is InChI=1S/C15H18F3N3O3/c1-14(21-2-4-24-5-3-21)8-20(9-14)13(23)10-6-11(15(16,17)18)12(22)19-7-10/h6-7H,2-5,8-9H2,1H3,(H,19,22). The number of aromatic amines is 1. The zero-order valence-electron chi connectivity index (χ0n) is 13.2. The quantitative estimate of drug-likeness (QED) is 0.866. The topological polar surface area (TPSA) is 65.6 Å². The zero-order chi connectivity index (χ0) is 17.5. The van der Waals surface area contributed by atoms with Crippen molar-refractivity contribution in [2.45, 2.75) is 18.6 Å². The monoisotopic (exact) mass is 345 g/mol. The molecular weight excluding hydrogens is 327 g/mol. The summed E-state index contributed by atoms with van der Waals surface area (Å²) in [5.41, 5.74) is -2.95. The smallest absolute Gasteiger partial charge is 0.379 e. The molecule has 9 heteroatoms. The summed E-state index contributed by atoms with van der Waals surface area (Å²) in [4.78, 5) is 29.4. The number of nitrogens with zero attached hydrogens (tertiary/aromatic N) is 2. The van der Waals surface area contributed by atoms with Crippen LogP contribution in [0.25, 0.3) is 0 Å². The second kappa shape index (κ2) is 5.89. The summed E-state index contributed by atoms with van der Waals surface area (Å²) in [6.45, 7) is 5.72. The molecule has 0 bridgehead atoms. The number of hydrogen-bond donors (Lipinski definition) is 1. The fourth-order valence-corrected chi connectivity index (χ4v) is 3.22. The van der Waals surface area contributed by atoms with Gasteiger partial charge in [0.1, 0.15) is 5.56 Å². The van der Waals surface area contributed by atoms with Gasteiger partial charge in [0.15, 0.2) is 0 Å². The Morgan fingerprint density at radius 1 is 1.29 bits per heavy atom. The fourth-order valence-electron chi connectivity index (χ4n) is 3.22. The third-order valence-corrected chi connectivity index (χ3v) is 4.58. The van der Waals surface area contributed by atoms with Crippen LogP contribution in [0.5, 0.6) is 0 Å². The van der Waals surface area contributed by atoms with E-state index in [1.165, 1.54) is 4.90 Å². The van der Waals surface area contributed by atoms with E-state index in [9.17, 15) is 22.8 Å². The molecule has 0 unspecified atom stereocenters. The van der Waals surface area contributed by atoms with Crippen LogP contribution in [0.15, 0.2) is 17.1 Å². The number of carbonyl (C=O) groups is 1. The number of rotatable bonds is 2. The van der Waals surface area contributed by atoms with Crippen LogP contribution < -0.4 is 5.56 Å². The van der Waals surface area contributed by atoms with Crippen molar-refractivity contribution in [1.29, 1.82) is 0 Å². The Bertz CT molecular complexity index is 689. The number of carbonyl (C=O) groups excluding carboxylic acids is 1. The third-order valence-electron chi connectivity index (χ3n) is 4.58. The molecule has 1 N–H and O–H groups in total. The van der Waals surface area contributed by atoms with Gasteiger partial charge < -0.3 is 14.6 Å². The molecule has 0 aliphatic carbocycles. The van der Waals surface area contributed by atoms with Gasteiger partial charge in [-0.1, -0.05) is 0 Å². The Kier molecular flexibility index (Phi) is 4.16. The van der Waals surface area contributed by atoms with Gasteiger partial charge >= 0.3 is 6.18 Å². The van der Waals surface area contributed by atoms with E-state index in [-0.39, 0.29) is 11.1 Å². The number of amides is 1. The molecule has 132 valence electrons. The van der Waals surface area contributed by atoms with Crippen LogP contribution in [0.1, 0.15) is 22.8 Å². The maximum atomic E-state index is 12.8. The molecule has 2 aliphatic rings. The van der Waals surface area contributed by atoms with Crippen LogP contribution >= 0.6 is 0 Å². The highest BCUT2D eigenvalue weighted by molar-refractivity contribution is 5.94. The first-order chi connectivity index (χ1) is 11.2. The number of hydrogen-bond acceptors (Lipinski definition) is 4. The van der Waals surface area contributed by atoms with Gasteiger partial charge in [-0.05, 0) is 13.0 Å². The molecule has 24 heavy (non-hydrogen) atoms. The Hall–Kier alpha value is -1.87. The van der Waals surface area contributed by atoms with E-state index in [4.69, 9.17) is 4.74 Å². The summed E-state index contributed by atoms with van der Waals surface area (Å²) in [5.74, 6) is -0.512. The van der Waals surface area contributed by atoms with E-state index in [1.54, 1.807) is 0 Å². The minimum atomic E-state index is -4.79. The Morgan fingerprint density at radius 3 is 2.50 bits per heavy atom. The van der Waals surface area contributed by atoms with Crippen LogP contribution in [0, 0.1) is 0 Å². The van der Waals surface area contributed by atoms with Gasteiger partial charge in [0.25, 0.3) is 11.5 Å². The molecule has 0 atom stereocenters. The first kappa shape index (κ1) is 17.0. The summed E-state index contributed by atoms with van der Waals surface area (Å²) in [6, 6.07) is 0.617. The van der Waals surface area contributed by atoms with Gasteiger partial charge in [0, 0.05) is 32.4 Å². The molecular formula is C15H18F3N3O3. The Labute approximate surface area is 136 Å². The molecule has 0 saturated carbocycles. The van der Waals surface area contributed by atoms with Gasteiger partial charge in [0.2, 0.25) is 0 Å². The molecule has 2 aliphatic heterocycles. The van der Waals surface area contributed by atoms with Gasteiger partial charge in [-0.15, -0.1) is 0 Å². The van der Waals surface area contributed by atoms with Crippen LogP contribution in [-0.2, 0) is 10.9 Å². The number of morpholine rings is 1. The molecule has 2 saturated heterocycles. The highest BCUT2D eigenvalue weighted by atomic mass is 19.4. The molecule has 1 amide bonds. The van der Waals surface area contributed by atoms with E-state index < -0.39 is 23.2 Å². The lowest BCUT2D eigenvalue weighted by molar-refractivity contribution is -0.138. The fraction of sp³-hybridized carbons (Fsp3) is 0.600. The van der Waals surface area contributed by atoms with Crippen molar-refractivity contribution >= 4 is 5.91 Å². The highest BCUT2D eigenvalue weighted by Crippen LogP contribution is 2.31. The lowest BCUT2D eigenvalue weighted by Gasteiger charge is -2.55. The average Bonchev–Trinajstić information content (AvgIpc) is 2.51. The highest BCUT2D eigenvalue weighted by Gasteiger charge is 2.46. The van der Waals surface area contributed by atoms with E-state index in [0.717, 1.165) is 19.3 Å². The lowest BCUT2D eigenvalue weighted by atomic mass is 9.89. The molecule has 0 spiro atoms. The molecule has 1 aromatic heterocycles. The number of halogens is 3. The van der Waals surface area contributed by atoms with Crippen molar-refractivity contribution in [3.8, 4) is 0 Å². The van der Waals surface area contributed by atoms with Gasteiger partial charge in [0.05, 0.1) is 24.3 Å². The first-order valence-corrected chi connectivity index (χ1v) is 7.63. The largest absolute Gasteiger partial charge is 0.421 e. The lowest BCUT2D eigenvalue weighted by Crippen LogP contribution is -2.71. The number of aromatic nitrogens is 1. The van der Waals surface area contributed by atoms with Crippen molar-refractivity contribution in [2.24, 2.45) is 0 Å². The third kappa shape index (κ3) is 3.05. The van der Waals surface area contributed by atoms with E-state index in [0.29, 0.717) is 32.4 Å². The SMILES string of the molecule is CC1(N2CCOCC2)CN(C(=O)c2c[nH]c(=O)c(C(F)(F)F)c2)C1. The Morgan fingerprint density at radius 2 is 1.92 bits per heavy atom. The van der Waals surface area contributed by atoms with E-state index in [1.807, 2.05) is 11.9 Å². The van der Waals surface area contributed by atoms with Gasteiger partial charge in [-0.25, -0.2) is 0 Å². The normalized spacial score (nSPS) is 21.4. The van der Waals surface area contributed by atoms with Crippen molar-refractivity contribution in [2.75, 3.05) is 39.4 Å². The average molecular weight is 345 g/mol.